The van der Waals surface area contributed by atoms with E-state index in [-0.39, 0.29) is 0 Å². The number of hydrogen-bond acceptors (Lipinski definition) is 4. The summed E-state index contributed by atoms with van der Waals surface area (Å²) in [6.07, 6.45) is 7.30. The van der Waals surface area contributed by atoms with Gasteiger partial charge in [-0.15, -0.1) is 0 Å². The molecule has 1 saturated carbocycles. The van der Waals surface area contributed by atoms with Gasteiger partial charge in [0.05, 0.1) is 6.10 Å². The van der Waals surface area contributed by atoms with Crippen LogP contribution >= 0.6 is 0 Å². The number of hydrogen-bond donors (Lipinski definition) is 1. The highest BCUT2D eigenvalue weighted by Crippen LogP contribution is 2.32. The first-order valence-electron chi connectivity index (χ1n) is 10.2. The van der Waals surface area contributed by atoms with Crippen molar-refractivity contribution in [1.29, 1.82) is 0 Å². The second-order valence-corrected chi connectivity index (χ2v) is 7.76. The summed E-state index contributed by atoms with van der Waals surface area (Å²) in [5, 5.41) is 3.45. The van der Waals surface area contributed by atoms with Crippen LogP contribution in [0.15, 0.2) is 0 Å². The largest absolute Gasteiger partial charge is 0.381 e. The molecule has 0 aromatic heterocycles. The molecule has 2 heterocycles. The molecule has 144 valence electrons. The van der Waals surface area contributed by atoms with Gasteiger partial charge in [0.25, 0.3) is 0 Å². The zero-order chi connectivity index (χ0) is 18.0. The van der Waals surface area contributed by atoms with Crippen molar-refractivity contribution in [1.82, 2.24) is 15.1 Å². The number of methoxy groups -OCH3 is 1. The first-order chi connectivity index (χ1) is 11.5. The Balaban J connectivity index is 0.000000300. The second-order valence-electron chi connectivity index (χ2n) is 7.76. The van der Waals surface area contributed by atoms with Gasteiger partial charge in [-0.2, -0.15) is 0 Å². The number of likely N-dealkylation sites (tertiary alicyclic amines) is 1. The monoisotopic (exact) mass is 341 g/mol. The molecule has 3 aliphatic rings. The summed E-state index contributed by atoms with van der Waals surface area (Å²) in [7, 11) is 4.03. The highest BCUT2D eigenvalue weighted by molar-refractivity contribution is 4.92. The second kappa shape index (κ2) is 11.5. The minimum atomic E-state index is 0.392. The van der Waals surface area contributed by atoms with Crippen LogP contribution in [0.2, 0.25) is 0 Å². The van der Waals surface area contributed by atoms with Gasteiger partial charge in [0.2, 0.25) is 0 Å². The molecule has 4 heteroatoms. The Kier molecular flexibility index (Phi) is 10.4. The normalized spacial score (nSPS) is 24.2. The van der Waals surface area contributed by atoms with Crippen LogP contribution in [0.25, 0.3) is 0 Å². The Labute approximate surface area is 151 Å². The first-order valence-corrected chi connectivity index (χ1v) is 10.2. The van der Waals surface area contributed by atoms with E-state index in [4.69, 9.17) is 4.74 Å². The predicted molar refractivity (Wildman–Crippen MR) is 105 cm³/mol. The van der Waals surface area contributed by atoms with Crippen LogP contribution in [0.5, 0.6) is 0 Å². The summed E-state index contributed by atoms with van der Waals surface area (Å²) >= 11 is 0. The molecule has 3 rings (SSSR count). The molecular formula is C20H43N3O. The molecule has 2 aliphatic heterocycles. The summed E-state index contributed by atoms with van der Waals surface area (Å²) in [5.41, 5.74) is 0.392. The number of nitrogens with zero attached hydrogens (tertiary/aromatic N) is 2. The Morgan fingerprint density at radius 1 is 0.917 bits per heavy atom. The zero-order valence-electron chi connectivity index (χ0n) is 17.2. The Bertz CT molecular complexity index is 301. The van der Waals surface area contributed by atoms with Crippen molar-refractivity contribution in [3.05, 3.63) is 0 Å². The lowest BCUT2D eigenvalue weighted by molar-refractivity contribution is 0.0228. The van der Waals surface area contributed by atoms with Crippen LogP contribution < -0.4 is 5.32 Å². The number of nitrogens with one attached hydrogen (secondary N) is 1. The van der Waals surface area contributed by atoms with Gasteiger partial charge in [0.1, 0.15) is 0 Å². The van der Waals surface area contributed by atoms with Crippen molar-refractivity contribution in [2.75, 3.05) is 53.4 Å². The van der Waals surface area contributed by atoms with Crippen molar-refractivity contribution >= 4 is 0 Å². The molecule has 0 radical (unpaired) electrons. The van der Waals surface area contributed by atoms with E-state index in [1.807, 2.05) is 13.8 Å². The standard InChI is InChI=1S/C13H27N3.C5H10O.C2H6/c1-13(2,16-10-6-14-7-11-16)12-4-8-15(3)9-5-12;1-6-5-3-2-4-5;1-2/h12,14H,4-11H2,1-3H3;5H,2-4H2,1H3;1-2H3. The molecule has 3 fully saturated rings. The summed E-state index contributed by atoms with van der Waals surface area (Å²) < 4.78 is 4.99. The summed E-state index contributed by atoms with van der Waals surface area (Å²) in [5.74, 6) is 0.877. The van der Waals surface area contributed by atoms with Gasteiger partial charge in [-0.25, -0.2) is 0 Å². The van der Waals surface area contributed by atoms with E-state index in [1.165, 1.54) is 58.3 Å². The van der Waals surface area contributed by atoms with Crippen LogP contribution in [-0.4, -0.2) is 74.9 Å². The third-order valence-electron chi connectivity index (χ3n) is 6.04. The molecule has 1 N–H and O–H groups in total. The number of rotatable bonds is 3. The van der Waals surface area contributed by atoms with E-state index in [9.17, 15) is 0 Å². The average molecular weight is 342 g/mol. The van der Waals surface area contributed by atoms with Crippen molar-refractivity contribution in [3.8, 4) is 0 Å². The molecule has 0 aromatic rings. The molecule has 1 aliphatic carbocycles. The molecule has 2 saturated heterocycles. The lowest BCUT2D eigenvalue weighted by atomic mass is 9.79. The van der Waals surface area contributed by atoms with E-state index in [0.717, 1.165) is 19.0 Å². The van der Waals surface area contributed by atoms with E-state index in [0.29, 0.717) is 11.6 Å². The fourth-order valence-electron chi connectivity index (χ4n) is 3.82. The van der Waals surface area contributed by atoms with Crippen LogP contribution in [0, 0.1) is 5.92 Å². The van der Waals surface area contributed by atoms with Crippen molar-refractivity contribution in [2.45, 2.75) is 71.4 Å². The third-order valence-corrected chi connectivity index (χ3v) is 6.04. The van der Waals surface area contributed by atoms with Crippen LogP contribution in [0.4, 0.5) is 0 Å². The van der Waals surface area contributed by atoms with E-state index in [2.05, 4.69) is 36.0 Å². The molecular weight excluding hydrogens is 298 g/mol. The molecule has 0 aromatic carbocycles. The lowest BCUT2D eigenvalue weighted by Crippen LogP contribution is -2.57. The summed E-state index contributed by atoms with van der Waals surface area (Å²) in [6, 6.07) is 0. The van der Waals surface area contributed by atoms with Gasteiger partial charge >= 0.3 is 0 Å². The Morgan fingerprint density at radius 2 is 1.46 bits per heavy atom. The number of piperidine rings is 1. The van der Waals surface area contributed by atoms with Crippen LogP contribution in [-0.2, 0) is 4.74 Å². The minimum absolute atomic E-state index is 0.392. The quantitative estimate of drug-likeness (QED) is 0.853. The van der Waals surface area contributed by atoms with Gasteiger partial charge < -0.3 is 15.0 Å². The van der Waals surface area contributed by atoms with Gasteiger partial charge in [0.15, 0.2) is 0 Å². The highest BCUT2D eigenvalue weighted by Gasteiger charge is 2.36. The number of piperazine rings is 1. The fraction of sp³-hybridized carbons (Fsp3) is 1.00. The Morgan fingerprint density at radius 3 is 1.83 bits per heavy atom. The van der Waals surface area contributed by atoms with Gasteiger partial charge in [0, 0.05) is 38.8 Å². The van der Waals surface area contributed by atoms with Crippen molar-refractivity contribution in [2.24, 2.45) is 5.92 Å². The maximum Gasteiger partial charge on any atom is 0.0571 e. The van der Waals surface area contributed by atoms with Gasteiger partial charge in [-0.1, -0.05) is 13.8 Å². The smallest absolute Gasteiger partial charge is 0.0571 e. The topological polar surface area (TPSA) is 27.7 Å². The summed E-state index contributed by atoms with van der Waals surface area (Å²) in [6.45, 7) is 16.2. The van der Waals surface area contributed by atoms with Crippen molar-refractivity contribution in [3.63, 3.8) is 0 Å². The SMILES string of the molecule is CC.CN1CCC(C(C)(C)N2CCNCC2)CC1.COC1CCC1. The van der Waals surface area contributed by atoms with E-state index >= 15 is 0 Å². The molecule has 0 atom stereocenters. The first kappa shape index (κ1) is 21.9. The van der Waals surface area contributed by atoms with Gasteiger partial charge in [-0.05, 0) is 72.0 Å². The van der Waals surface area contributed by atoms with Crippen LogP contribution in [0.1, 0.15) is 59.8 Å². The molecule has 0 bridgehead atoms. The molecule has 4 nitrogen and oxygen atoms in total. The maximum atomic E-state index is 4.99. The summed E-state index contributed by atoms with van der Waals surface area (Å²) in [4.78, 5) is 5.16. The van der Waals surface area contributed by atoms with Gasteiger partial charge in [-0.3, -0.25) is 4.90 Å². The maximum absolute atomic E-state index is 4.99. The zero-order valence-corrected chi connectivity index (χ0v) is 17.2. The average Bonchev–Trinajstić information content (AvgIpc) is 2.57. The molecule has 0 spiro atoms. The van der Waals surface area contributed by atoms with E-state index < -0.39 is 0 Å². The molecule has 0 unspecified atom stereocenters. The highest BCUT2D eigenvalue weighted by atomic mass is 16.5. The number of ether oxygens (including phenoxy) is 1. The predicted octanol–water partition coefficient (Wildman–Crippen LogP) is 3.22. The third kappa shape index (κ3) is 6.62. The van der Waals surface area contributed by atoms with Crippen molar-refractivity contribution < 1.29 is 4.74 Å². The fourth-order valence-corrected chi connectivity index (χ4v) is 3.82. The molecule has 0 amide bonds. The Hall–Kier alpha value is -0.160. The minimum Gasteiger partial charge on any atom is -0.381 e. The van der Waals surface area contributed by atoms with E-state index in [1.54, 1.807) is 7.11 Å². The van der Waals surface area contributed by atoms with Crippen LogP contribution in [0.3, 0.4) is 0 Å². The molecule has 24 heavy (non-hydrogen) atoms. The lowest BCUT2D eigenvalue weighted by Gasteiger charge is -2.48.